The first-order valence-corrected chi connectivity index (χ1v) is 1.82. The van der Waals surface area contributed by atoms with Gasteiger partial charge in [0.05, 0.1) is 0 Å². The van der Waals surface area contributed by atoms with Crippen LogP contribution in [-0.2, 0) is 9.68 Å². The largest absolute Gasteiger partial charge is 0.476 e. The molecule has 8 heavy (non-hydrogen) atoms. The lowest BCUT2D eigenvalue weighted by atomic mass is 11.1. The van der Waals surface area contributed by atoms with Gasteiger partial charge in [0.15, 0.2) is 12.5 Å². The van der Waals surface area contributed by atoms with Crippen LogP contribution in [0.3, 0.4) is 0 Å². The zero-order valence-corrected chi connectivity index (χ0v) is 3.77. The molecule has 0 spiro atoms. The number of hydrogen-bond donors (Lipinski definition) is 1. The Kier molecular flexibility index (Phi) is 0.957. The molecular formula is C3H3NO4. The Hall–Kier alpha value is -1.39. The Balaban J connectivity index is 2.41. The highest BCUT2D eigenvalue weighted by Crippen LogP contribution is 2.01. The minimum atomic E-state index is -1.28. The molecule has 1 rings (SSSR count). The van der Waals surface area contributed by atoms with Gasteiger partial charge in [0.2, 0.25) is 0 Å². The molecule has 1 aliphatic rings. The predicted octanol–water partition coefficient (Wildman–Crippen LogP) is 0.314. The number of carbonyl (C=O) groups is 1. The molecule has 0 aromatic heterocycles. The molecule has 1 amide bonds. The van der Waals surface area contributed by atoms with Crippen LogP contribution in [0.1, 0.15) is 0 Å². The van der Waals surface area contributed by atoms with Crippen LogP contribution in [-0.4, -0.2) is 16.4 Å². The van der Waals surface area contributed by atoms with Crippen molar-refractivity contribution in [3.8, 4) is 0 Å². The van der Waals surface area contributed by atoms with Crippen LogP contribution >= 0.6 is 0 Å². The second-order valence-electron chi connectivity index (χ2n) is 1.02. The lowest BCUT2D eigenvalue weighted by molar-refractivity contribution is -0.247. The molecule has 0 aliphatic carbocycles. The van der Waals surface area contributed by atoms with Gasteiger partial charge >= 0.3 is 6.09 Å². The van der Waals surface area contributed by atoms with Crippen LogP contribution in [0.5, 0.6) is 0 Å². The van der Waals surface area contributed by atoms with Crippen molar-refractivity contribution in [2.75, 3.05) is 0 Å². The lowest BCUT2D eigenvalue weighted by Gasteiger charge is -2.04. The molecule has 0 saturated heterocycles. The summed E-state index contributed by atoms with van der Waals surface area (Å²) in [5, 5.41) is 8.38. The molecule has 1 aliphatic heterocycles. The Bertz CT molecular complexity index is 123. The van der Waals surface area contributed by atoms with E-state index in [9.17, 15) is 4.79 Å². The number of rotatable bonds is 0. The predicted molar refractivity (Wildman–Crippen MR) is 21.2 cm³/mol. The number of hydroxylamine groups is 2. The van der Waals surface area contributed by atoms with Crippen LogP contribution in [0.2, 0.25) is 0 Å². The van der Waals surface area contributed by atoms with Crippen LogP contribution in [0.4, 0.5) is 4.79 Å². The third-order valence-corrected chi connectivity index (χ3v) is 0.525. The molecule has 0 radical (unpaired) electrons. The van der Waals surface area contributed by atoms with E-state index in [-0.39, 0.29) is 0 Å². The third kappa shape index (κ3) is 0.651. The van der Waals surface area contributed by atoms with E-state index in [4.69, 9.17) is 5.11 Å². The Labute approximate surface area is 44.6 Å². The zero-order valence-electron chi connectivity index (χ0n) is 3.77. The first kappa shape index (κ1) is 4.76. The summed E-state index contributed by atoms with van der Waals surface area (Å²) in [5.41, 5.74) is 0. The van der Waals surface area contributed by atoms with Crippen LogP contribution in [0, 0.1) is 0 Å². The van der Waals surface area contributed by atoms with Crippen molar-refractivity contribution in [2.24, 2.45) is 0 Å². The summed E-state index contributed by atoms with van der Waals surface area (Å²) in [4.78, 5) is 18.3. The molecule has 0 aromatic rings. The molecule has 1 heterocycles. The van der Waals surface area contributed by atoms with Gasteiger partial charge in [-0.15, -0.1) is 0 Å². The van der Waals surface area contributed by atoms with Gasteiger partial charge in [-0.3, -0.25) is 0 Å². The molecule has 0 fully saturated rings. The van der Waals surface area contributed by atoms with Gasteiger partial charge < -0.3 is 14.8 Å². The summed E-state index contributed by atoms with van der Waals surface area (Å²) in [6.07, 6.45) is 0.956. The van der Waals surface area contributed by atoms with Gasteiger partial charge in [-0.05, 0) is 0 Å². The fraction of sp³-hybridized carbons (Fsp3) is 0. The normalized spacial score (nSPS) is 15.2. The van der Waals surface area contributed by atoms with Gasteiger partial charge in [0.25, 0.3) is 0 Å². The Morgan fingerprint density at radius 1 is 1.50 bits per heavy atom. The number of amides is 1. The fourth-order valence-electron chi connectivity index (χ4n) is 0.275. The van der Waals surface area contributed by atoms with Crippen molar-refractivity contribution in [3.63, 3.8) is 0 Å². The van der Waals surface area contributed by atoms with Gasteiger partial charge in [-0.2, -0.15) is 0 Å². The highest BCUT2D eigenvalue weighted by atomic mass is 17.0. The monoisotopic (exact) mass is 117 g/mol. The van der Waals surface area contributed by atoms with E-state index in [2.05, 4.69) is 9.68 Å². The average Bonchev–Trinajstić information content (AvgIpc) is 2.12. The van der Waals surface area contributed by atoms with Crippen molar-refractivity contribution in [3.05, 3.63) is 12.5 Å². The van der Waals surface area contributed by atoms with E-state index in [0.29, 0.717) is 5.23 Å². The molecule has 0 saturated carbocycles. The second kappa shape index (κ2) is 1.61. The maximum Gasteiger partial charge on any atom is 0.476 e. The molecule has 0 unspecified atom stereocenters. The summed E-state index contributed by atoms with van der Waals surface area (Å²) < 4.78 is 0. The van der Waals surface area contributed by atoms with Gasteiger partial charge in [0, 0.05) is 5.23 Å². The standard InChI is InChI=1S/C3H3NO4/c5-3(6)4-7-1-2-8-4/h1-2H,(H,5,6). The Morgan fingerprint density at radius 2 is 2.00 bits per heavy atom. The smallest absolute Gasteiger partial charge is 0.461 e. The lowest BCUT2D eigenvalue weighted by Crippen LogP contribution is -2.22. The summed E-state index contributed by atoms with van der Waals surface area (Å²) in [6.45, 7) is 0. The van der Waals surface area contributed by atoms with Gasteiger partial charge in [-0.1, -0.05) is 0 Å². The number of nitrogens with zero attached hydrogens (tertiary/aromatic N) is 1. The van der Waals surface area contributed by atoms with Crippen molar-refractivity contribution < 1.29 is 19.6 Å². The fourth-order valence-corrected chi connectivity index (χ4v) is 0.275. The molecule has 44 valence electrons. The SMILES string of the molecule is O=C(O)N1OC=CO1. The van der Waals surface area contributed by atoms with E-state index >= 15 is 0 Å². The van der Waals surface area contributed by atoms with Crippen molar-refractivity contribution >= 4 is 6.09 Å². The maximum absolute atomic E-state index is 9.84. The summed E-state index contributed by atoms with van der Waals surface area (Å²) >= 11 is 0. The minimum absolute atomic E-state index is 0.333. The number of hydrogen-bond acceptors (Lipinski definition) is 3. The number of carboxylic acid groups (broad SMARTS) is 1. The first-order valence-electron chi connectivity index (χ1n) is 1.82. The highest BCUT2D eigenvalue weighted by molar-refractivity contribution is 5.62. The molecule has 5 heteroatoms. The van der Waals surface area contributed by atoms with Crippen LogP contribution in [0.25, 0.3) is 0 Å². The van der Waals surface area contributed by atoms with Crippen molar-refractivity contribution in [1.29, 1.82) is 0 Å². The van der Waals surface area contributed by atoms with Crippen molar-refractivity contribution in [1.82, 2.24) is 5.23 Å². The maximum atomic E-state index is 9.84. The molecular weight excluding hydrogens is 114 g/mol. The second-order valence-corrected chi connectivity index (χ2v) is 1.02. The first-order chi connectivity index (χ1) is 3.80. The van der Waals surface area contributed by atoms with Gasteiger partial charge in [-0.25, -0.2) is 4.79 Å². The highest BCUT2D eigenvalue weighted by Gasteiger charge is 2.15. The molecule has 1 N–H and O–H groups in total. The quantitative estimate of drug-likeness (QED) is 0.496. The van der Waals surface area contributed by atoms with E-state index < -0.39 is 6.09 Å². The van der Waals surface area contributed by atoms with Gasteiger partial charge in [0.1, 0.15) is 0 Å². The third-order valence-electron chi connectivity index (χ3n) is 0.525. The zero-order chi connectivity index (χ0) is 5.98. The molecule has 0 atom stereocenters. The van der Waals surface area contributed by atoms with E-state index in [1.807, 2.05) is 0 Å². The molecule has 5 nitrogen and oxygen atoms in total. The Morgan fingerprint density at radius 3 is 2.25 bits per heavy atom. The summed E-state index contributed by atoms with van der Waals surface area (Å²) in [7, 11) is 0. The summed E-state index contributed by atoms with van der Waals surface area (Å²) in [5.74, 6) is 0. The molecule has 0 aromatic carbocycles. The summed E-state index contributed by atoms with van der Waals surface area (Å²) in [6, 6.07) is 0. The van der Waals surface area contributed by atoms with E-state index in [0.717, 1.165) is 12.5 Å². The molecule has 0 bridgehead atoms. The average molecular weight is 117 g/mol. The van der Waals surface area contributed by atoms with E-state index in [1.165, 1.54) is 0 Å². The minimum Gasteiger partial charge on any atom is -0.461 e. The van der Waals surface area contributed by atoms with Crippen LogP contribution < -0.4 is 0 Å². The van der Waals surface area contributed by atoms with Crippen molar-refractivity contribution in [2.45, 2.75) is 0 Å². The van der Waals surface area contributed by atoms with E-state index in [1.54, 1.807) is 0 Å². The van der Waals surface area contributed by atoms with Crippen LogP contribution in [0.15, 0.2) is 12.5 Å². The topological polar surface area (TPSA) is 59.0 Å².